The lowest BCUT2D eigenvalue weighted by atomic mass is 10.2. The van der Waals surface area contributed by atoms with E-state index in [1.54, 1.807) is 6.07 Å². The molecule has 0 atom stereocenters. The molecule has 2 rings (SSSR count). The van der Waals surface area contributed by atoms with E-state index < -0.39 is 0 Å². The van der Waals surface area contributed by atoms with Gasteiger partial charge >= 0.3 is 0 Å². The van der Waals surface area contributed by atoms with Gasteiger partial charge in [0.1, 0.15) is 19.0 Å². The number of fused-ring (bicyclic) bond motifs is 1. The molecule has 0 aliphatic rings. The number of ether oxygens (including phenoxy) is 2. The number of hydrogen-bond acceptors (Lipinski definition) is 3. The molecular weight excluding hydrogens is 250 g/mol. The molecule has 0 bridgehead atoms. The Morgan fingerprint density at radius 3 is 2.85 bits per heavy atom. The monoisotopic (exact) mass is 267 g/mol. The average Bonchev–Trinajstić information content (AvgIpc) is 2.44. The fraction of sp³-hybridized carbons (Fsp3) is 0.235. The van der Waals surface area contributed by atoms with E-state index in [1.165, 1.54) is 5.57 Å². The van der Waals surface area contributed by atoms with Crippen LogP contribution < -0.4 is 9.47 Å². The second-order valence-electron chi connectivity index (χ2n) is 4.56. The zero-order valence-corrected chi connectivity index (χ0v) is 11.7. The summed E-state index contributed by atoms with van der Waals surface area (Å²) in [5, 5.41) is 0.928. The number of benzene rings is 1. The Morgan fingerprint density at radius 2 is 2.10 bits per heavy atom. The fourth-order valence-electron chi connectivity index (χ4n) is 1.73. The van der Waals surface area contributed by atoms with Gasteiger partial charge in [-0.1, -0.05) is 23.6 Å². The van der Waals surface area contributed by atoms with Crippen LogP contribution in [0, 0.1) is 12.3 Å². The molecule has 3 heteroatoms. The molecule has 102 valence electrons. The summed E-state index contributed by atoms with van der Waals surface area (Å²) in [5.41, 5.74) is 2.03. The number of aromatic nitrogens is 1. The lowest BCUT2D eigenvalue weighted by Gasteiger charge is -2.10. The maximum atomic E-state index is 5.63. The molecule has 1 heterocycles. The molecule has 0 saturated heterocycles. The van der Waals surface area contributed by atoms with Gasteiger partial charge in [-0.2, -0.15) is 0 Å². The van der Waals surface area contributed by atoms with Crippen LogP contribution in [0.4, 0.5) is 0 Å². The van der Waals surface area contributed by atoms with Crippen molar-refractivity contribution in [2.24, 2.45) is 0 Å². The van der Waals surface area contributed by atoms with Gasteiger partial charge in [0.25, 0.3) is 0 Å². The van der Waals surface area contributed by atoms with Crippen LogP contribution in [-0.2, 0) is 0 Å². The van der Waals surface area contributed by atoms with E-state index in [0.29, 0.717) is 18.2 Å². The second-order valence-corrected chi connectivity index (χ2v) is 4.56. The topological polar surface area (TPSA) is 31.4 Å². The summed E-state index contributed by atoms with van der Waals surface area (Å²) in [6.07, 6.45) is 7.24. The number of para-hydroxylation sites is 1. The van der Waals surface area contributed by atoms with E-state index in [-0.39, 0.29) is 6.61 Å². The fourth-order valence-corrected chi connectivity index (χ4v) is 1.73. The molecule has 0 unspecified atom stereocenters. The summed E-state index contributed by atoms with van der Waals surface area (Å²) in [4.78, 5) is 4.46. The summed E-state index contributed by atoms with van der Waals surface area (Å²) in [6.45, 7) is 4.76. The van der Waals surface area contributed by atoms with Crippen LogP contribution in [0.1, 0.15) is 13.8 Å². The van der Waals surface area contributed by atoms with Crippen molar-refractivity contribution in [3.05, 3.63) is 42.0 Å². The van der Waals surface area contributed by atoms with Crippen LogP contribution in [0.2, 0.25) is 0 Å². The smallest absolute Gasteiger partial charge is 0.217 e. The van der Waals surface area contributed by atoms with Crippen molar-refractivity contribution < 1.29 is 9.47 Å². The van der Waals surface area contributed by atoms with Crippen LogP contribution in [0.3, 0.4) is 0 Å². The molecule has 2 aromatic rings. The van der Waals surface area contributed by atoms with Crippen molar-refractivity contribution in [2.45, 2.75) is 13.8 Å². The quantitative estimate of drug-likeness (QED) is 0.613. The molecule has 0 amide bonds. The first-order valence-electron chi connectivity index (χ1n) is 6.43. The maximum absolute atomic E-state index is 5.63. The normalized spacial score (nSPS) is 9.85. The predicted octanol–water partition coefficient (Wildman–Crippen LogP) is 3.59. The Hall–Kier alpha value is -2.47. The first-order chi connectivity index (χ1) is 9.70. The number of pyridine rings is 1. The first kappa shape index (κ1) is 14.0. The third-order valence-corrected chi connectivity index (χ3v) is 2.69. The number of allylic oxidation sites excluding steroid dienone is 1. The molecule has 0 radical (unpaired) electrons. The van der Waals surface area contributed by atoms with Crippen LogP contribution >= 0.6 is 0 Å². The highest BCUT2D eigenvalue weighted by molar-refractivity contribution is 5.85. The Kier molecular flexibility index (Phi) is 4.62. The van der Waals surface area contributed by atoms with Gasteiger partial charge in [0.15, 0.2) is 0 Å². The van der Waals surface area contributed by atoms with Crippen LogP contribution in [0.25, 0.3) is 10.9 Å². The van der Waals surface area contributed by atoms with E-state index >= 15 is 0 Å². The van der Waals surface area contributed by atoms with E-state index in [9.17, 15) is 0 Å². The summed E-state index contributed by atoms with van der Waals surface area (Å²) in [6, 6.07) is 9.52. The van der Waals surface area contributed by atoms with Gasteiger partial charge in [-0.15, -0.1) is 6.42 Å². The standard InChI is InChI=1S/C17H17NO2/c1-4-10-19-16-12-17(20-11-9-13(2)3)18-15-8-6-5-7-14(15)16/h1,5-9,12H,10-11H2,2-3H3. The van der Waals surface area contributed by atoms with Crippen molar-refractivity contribution in [1.82, 2.24) is 4.98 Å². The van der Waals surface area contributed by atoms with Gasteiger partial charge in [0.05, 0.1) is 5.52 Å². The molecule has 3 nitrogen and oxygen atoms in total. The zero-order chi connectivity index (χ0) is 14.4. The highest BCUT2D eigenvalue weighted by atomic mass is 16.5. The highest BCUT2D eigenvalue weighted by Gasteiger charge is 2.07. The van der Waals surface area contributed by atoms with Crippen LogP contribution in [0.15, 0.2) is 42.0 Å². The highest BCUT2D eigenvalue weighted by Crippen LogP contribution is 2.28. The van der Waals surface area contributed by atoms with Crippen molar-refractivity contribution >= 4 is 10.9 Å². The van der Waals surface area contributed by atoms with E-state index in [1.807, 2.05) is 44.2 Å². The van der Waals surface area contributed by atoms with Gasteiger partial charge in [-0.25, -0.2) is 4.98 Å². The predicted molar refractivity (Wildman–Crippen MR) is 81.0 cm³/mol. The molecule has 20 heavy (non-hydrogen) atoms. The lowest BCUT2D eigenvalue weighted by molar-refractivity contribution is 0.339. The van der Waals surface area contributed by atoms with Crippen molar-refractivity contribution in [1.29, 1.82) is 0 Å². The Balaban J connectivity index is 2.31. The molecule has 1 aromatic carbocycles. The average molecular weight is 267 g/mol. The number of hydrogen-bond donors (Lipinski definition) is 0. The van der Waals surface area contributed by atoms with E-state index in [2.05, 4.69) is 10.9 Å². The number of rotatable bonds is 5. The van der Waals surface area contributed by atoms with Gasteiger partial charge in [-0.05, 0) is 32.1 Å². The molecule has 1 aromatic heterocycles. The minimum Gasteiger partial charge on any atom is -0.480 e. The second kappa shape index (κ2) is 6.63. The van der Waals surface area contributed by atoms with Gasteiger partial charge in [-0.3, -0.25) is 0 Å². The SMILES string of the molecule is C#CCOc1cc(OCC=C(C)C)nc2ccccc12. The van der Waals surface area contributed by atoms with Crippen molar-refractivity contribution in [3.8, 4) is 24.0 Å². The number of terminal acetylenes is 1. The van der Waals surface area contributed by atoms with Crippen molar-refractivity contribution in [3.63, 3.8) is 0 Å². The Bertz CT molecular complexity index is 664. The van der Waals surface area contributed by atoms with Crippen LogP contribution in [-0.4, -0.2) is 18.2 Å². The summed E-state index contributed by atoms with van der Waals surface area (Å²) >= 11 is 0. The van der Waals surface area contributed by atoms with Gasteiger partial charge in [0, 0.05) is 11.5 Å². The Labute approximate surface area is 119 Å². The minimum absolute atomic E-state index is 0.224. The molecule has 0 N–H and O–H groups in total. The number of nitrogens with zero attached hydrogens (tertiary/aromatic N) is 1. The molecule has 0 aliphatic carbocycles. The van der Waals surface area contributed by atoms with Gasteiger partial charge in [0.2, 0.25) is 5.88 Å². The maximum Gasteiger partial charge on any atom is 0.217 e. The minimum atomic E-state index is 0.224. The van der Waals surface area contributed by atoms with E-state index in [4.69, 9.17) is 15.9 Å². The largest absolute Gasteiger partial charge is 0.480 e. The summed E-state index contributed by atoms with van der Waals surface area (Å²) < 4.78 is 11.2. The molecule has 0 aliphatic heterocycles. The molecule has 0 saturated carbocycles. The summed E-state index contributed by atoms with van der Waals surface area (Å²) in [5.74, 6) is 3.70. The Morgan fingerprint density at radius 1 is 1.30 bits per heavy atom. The lowest BCUT2D eigenvalue weighted by Crippen LogP contribution is -2.00. The summed E-state index contributed by atoms with van der Waals surface area (Å²) in [7, 11) is 0. The first-order valence-corrected chi connectivity index (χ1v) is 6.43. The van der Waals surface area contributed by atoms with E-state index in [0.717, 1.165) is 10.9 Å². The molecule has 0 spiro atoms. The van der Waals surface area contributed by atoms with Gasteiger partial charge < -0.3 is 9.47 Å². The molecular formula is C17H17NO2. The zero-order valence-electron chi connectivity index (χ0n) is 11.7. The third kappa shape index (κ3) is 3.52. The third-order valence-electron chi connectivity index (χ3n) is 2.69. The molecule has 0 fully saturated rings. The van der Waals surface area contributed by atoms with Crippen molar-refractivity contribution in [2.75, 3.05) is 13.2 Å². The van der Waals surface area contributed by atoms with Crippen LogP contribution in [0.5, 0.6) is 11.6 Å².